The number of ether oxygens (including phenoxy) is 1. The van der Waals surface area contributed by atoms with Gasteiger partial charge in [0, 0.05) is 17.7 Å². The van der Waals surface area contributed by atoms with E-state index < -0.39 is 11.0 Å². The number of benzene rings is 1. The van der Waals surface area contributed by atoms with Crippen molar-refractivity contribution in [3.8, 4) is 11.5 Å². The van der Waals surface area contributed by atoms with Crippen LogP contribution in [0.3, 0.4) is 0 Å². The van der Waals surface area contributed by atoms with Gasteiger partial charge >= 0.3 is 0 Å². The molecule has 1 atom stereocenters. The Kier molecular flexibility index (Phi) is 7.13. The lowest BCUT2D eigenvalue weighted by atomic mass is 10.0. The second kappa shape index (κ2) is 7.78. The van der Waals surface area contributed by atoms with Crippen molar-refractivity contribution in [3.63, 3.8) is 0 Å². The molecule has 0 spiro atoms. The Bertz CT molecular complexity index is 442. The Hall–Kier alpha value is -1.57. The van der Waals surface area contributed by atoms with Crippen LogP contribution in [0.4, 0.5) is 5.69 Å². The Labute approximate surface area is 117 Å². The van der Waals surface area contributed by atoms with E-state index in [2.05, 4.69) is 0 Å². The highest BCUT2D eigenvalue weighted by Crippen LogP contribution is 2.38. The number of nitro groups is 1. The molecule has 8 heteroatoms. The van der Waals surface area contributed by atoms with E-state index in [1.165, 1.54) is 13.2 Å². The van der Waals surface area contributed by atoms with Crippen LogP contribution in [-0.4, -0.2) is 23.7 Å². The number of hydrogen-bond donors (Lipinski definition) is 3. The summed E-state index contributed by atoms with van der Waals surface area (Å²) in [6.45, 7) is 0.473. The summed E-state index contributed by atoms with van der Waals surface area (Å²) in [5.74, 6) is -0.116. The first-order valence-corrected chi connectivity index (χ1v) is 5.52. The van der Waals surface area contributed by atoms with Crippen molar-refractivity contribution < 1.29 is 14.8 Å². The van der Waals surface area contributed by atoms with Crippen LogP contribution in [0.2, 0.25) is 0 Å². The minimum absolute atomic E-state index is 0. The van der Waals surface area contributed by atoms with Crippen LogP contribution >= 0.6 is 12.4 Å². The Morgan fingerprint density at radius 3 is 2.63 bits per heavy atom. The molecular formula is C11H18ClN3O4. The molecule has 0 unspecified atom stereocenters. The van der Waals surface area contributed by atoms with E-state index in [4.69, 9.17) is 16.2 Å². The van der Waals surface area contributed by atoms with E-state index in [1.54, 1.807) is 0 Å². The van der Waals surface area contributed by atoms with Crippen molar-refractivity contribution >= 4 is 18.1 Å². The van der Waals surface area contributed by atoms with Gasteiger partial charge < -0.3 is 21.3 Å². The van der Waals surface area contributed by atoms with Crippen LogP contribution in [0, 0.1) is 10.1 Å². The quantitative estimate of drug-likeness (QED) is 0.538. The average molecular weight is 292 g/mol. The standard InChI is InChI=1S/C11H17N3O4.ClH/c1-18-10-6-7(14(16)17)5-8(11(10)15)9(13)3-2-4-12;/h5-6,9,15H,2-4,12-13H2,1H3;1H/t9-;/m1./s1. The van der Waals surface area contributed by atoms with Gasteiger partial charge in [-0.2, -0.15) is 0 Å². The summed E-state index contributed by atoms with van der Waals surface area (Å²) < 4.78 is 4.90. The van der Waals surface area contributed by atoms with E-state index in [0.717, 1.165) is 6.07 Å². The van der Waals surface area contributed by atoms with Gasteiger partial charge in [0.1, 0.15) is 0 Å². The molecule has 19 heavy (non-hydrogen) atoms. The summed E-state index contributed by atoms with van der Waals surface area (Å²) >= 11 is 0. The zero-order valence-corrected chi connectivity index (χ0v) is 11.4. The van der Waals surface area contributed by atoms with Crippen LogP contribution < -0.4 is 16.2 Å². The average Bonchev–Trinajstić information content (AvgIpc) is 2.35. The van der Waals surface area contributed by atoms with Crippen LogP contribution in [0.1, 0.15) is 24.4 Å². The summed E-state index contributed by atoms with van der Waals surface area (Å²) in [5, 5.41) is 20.7. The molecule has 0 aliphatic heterocycles. The first kappa shape index (κ1) is 17.4. The van der Waals surface area contributed by atoms with Crippen molar-refractivity contribution in [2.24, 2.45) is 11.5 Å². The Balaban J connectivity index is 0.00000324. The number of nitrogens with zero attached hydrogens (tertiary/aromatic N) is 1. The van der Waals surface area contributed by atoms with Crippen molar-refractivity contribution in [2.45, 2.75) is 18.9 Å². The zero-order chi connectivity index (χ0) is 13.7. The normalized spacial score (nSPS) is 11.5. The number of halogens is 1. The number of hydrogen-bond acceptors (Lipinski definition) is 6. The summed E-state index contributed by atoms with van der Waals surface area (Å²) in [4.78, 5) is 10.2. The summed E-state index contributed by atoms with van der Waals surface area (Å²) in [5.41, 5.74) is 11.4. The maximum atomic E-state index is 10.8. The number of nitrogens with two attached hydrogens (primary N) is 2. The van der Waals surface area contributed by atoms with Gasteiger partial charge in [-0.3, -0.25) is 10.1 Å². The maximum Gasteiger partial charge on any atom is 0.273 e. The highest BCUT2D eigenvalue weighted by molar-refractivity contribution is 5.85. The molecule has 0 fully saturated rings. The molecule has 0 heterocycles. The van der Waals surface area contributed by atoms with Gasteiger partial charge in [0.05, 0.1) is 18.1 Å². The summed E-state index contributed by atoms with van der Waals surface area (Å²) in [7, 11) is 1.33. The monoisotopic (exact) mass is 291 g/mol. The van der Waals surface area contributed by atoms with Gasteiger partial charge in [0.15, 0.2) is 11.5 Å². The molecule has 0 bridgehead atoms. The van der Waals surface area contributed by atoms with E-state index in [9.17, 15) is 15.2 Å². The lowest BCUT2D eigenvalue weighted by Gasteiger charge is -2.15. The maximum absolute atomic E-state index is 10.8. The molecule has 1 aromatic carbocycles. The van der Waals surface area contributed by atoms with Crippen LogP contribution in [-0.2, 0) is 0 Å². The third-order valence-corrected chi connectivity index (χ3v) is 2.64. The molecule has 0 aliphatic carbocycles. The molecule has 0 aliphatic rings. The number of methoxy groups -OCH3 is 1. The second-order valence-corrected chi connectivity index (χ2v) is 3.88. The Morgan fingerprint density at radius 1 is 1.53 bits per heavy atom. The van der Waals surface area contributed by atoms with Gasteiger partial charge in [0.2, 0.25) is 0 Å². The van der Waals surface area contributed by atoms with Crippen molar-refractivity contribution in [1.82, 2.24) is 0 Å². The number of phenolic OH excluding ortho intramolecular Hbond substituents is 1. The van der Waals surface area contributed by atoms with Crippen molar-refractivity contribution in [1.29, 1.82) is 0 Å². The van der Waals surface area contributed by atoms with Gasteiger partial charge in [-0.25, -0.2) is 0 Å². The van der Waals surface area contributed by atoms with Gasteiger partial charge in [-0.05, 0) is 19.4 Å². The molecule has 1 aromatic rings. The number of non-ortho nitro benzene ring substituents is 1. The molecule has 0 saturated carbocycles. The van der Waals surface area contributed by atoms with Gasteiger partial charge in [-0.15, -0.1) is 12.4 Å². The summed E-state index contributed by atoms with van der Waals surface area (Å²) in [6, 6.07) is 1.91. The lowest BCUT2D eigenvalue weighted by molar-refractivity contribution is -0.385. The van der Waals surface area contributed by atoms with Crippen LogP contribution in [0.15, 0.2) is 12.1 Å². The topological polar surface area (TPSA) is 125 Å². The second-order valence-electron chi connectivity index (χ2n) is 3.88. The first-order chi connectivity index (χ1) is 8.51. The molecule has 5 N–H and O–H groups in total. The number of rotatable bonds is 6. The zero-order valence-electron chi connectivity index (χ0n) is 10.5. The van der Waals surface area contributed by atoms with Crippen LogP contribution in [0.25, 0.3) is 0 Å². The molecule has 1 rings (SSSR count). The minimum atomic E-state index is -0.554. The SMILES string of the molecule is COc1cc([N+](=O)[O-])cc([C@H](N)CCCN)c1O.Cl. The largest absolute Gasteiger partial charge is 0.504 e. The molecular weight excluding hydrogens is 274 g/mol. The lowest BCUT2D eigenvalue weighted by Crippen LogP contribution is -2.13. The number of phenols is 1. The molecule has 0 saturated heterocycles. The van der Waals surface area contributed by atoms with Crippen molar-refractivity contribution in [3.05, 3.63) is 27.8 Å². The number of aromatic hydroxyl groups is 1. The van der Waals surface area contributed by atoms with Crippen LogP contribution in [0.5, 0.6) is 11.5 Å². The Morgan fingerprint density at radius 2 is 2.16 bits per heavy atom. The predicted molar refractivity (Wildman–Crippen MR) is 73.8 cm³/mol. The van der Waals surface area contributed by atoms with E-state index >= 15 is 0 Å². The highest BCUT2D eigenvalue weighted by atomic mass is 35.5. The molecule has 0 aromatic heterocycles. The first-order valence-electron chi connectivity index (χ1n) is 5.52. The molecule has 7 nitrogen and oxygen atoms in total. The smallest absolute Gasteiger partial charge is 0.273 e. The molecule has 0 radical (unpaired) electrons. The fourth-order valence-corrected chi connectivity index (χ4v) is 1.65. The fraction of sp³-hybridized carbons (Fsp3) is 0.455. The van der Waals surface area contributed by atoms with E-state index in [0.29, 0.717) is 24.9 Å². The minimum Gasteiger partial charge on any atom is -0.504 e. The predicted octanol–water partition coefficient (Wildman–Crippen LogP) is 1.47. The highest BCUT2D eigenvalue weighted by Gasteiger charge is 2.20. The third-order valence-electron chi connectivity index (χ3n) is 2.64. The molecule has 0 amide bonds. The van der Waals surface area contributed by atoms with E-state index in [-0.39, 0.29) is 29.6 Å². The van der Waals surface area contributed by atoms with Crippen molar-refractivity contribution in [2.75, 3.05) is 13.7 Å². The van der Waals surface area contributed by atoms with Gasteiger partial charge in [-0.1, -0.05) is 0 Å². The van der Waals surface area contributed by atoms with E-state index in [1.807, 2.05) is 0 Å². The number of nitro benzene ring substituents is 1. The molecule has 108 valence electrons. The van der Waals surface area contributed by atoms with Gasteiger partial charge in [0.25, 0.3) is 5.69 Å². The third kappa shape index (κ3) is 4.23. The fourth-order valence-electron chi connectivity index (χ4n) is 1.65. The summed E-state index contributed by atoms with van der Waals surface area (Å²) in [6.07, 6.45) is 1.21.